The van der Waals surface area contributed by atoms with Gasteiger partial charge < -0.3 is 15.6 Å². The van der Waals surface area contributed by atoms with Crippen LogP contribution in [0.4, 0.5) is 4.79 Å². The SMILES string of the molecule is O=C(C[C@H]1NC(=O)N(CCc2c[nH]c3ccccc23)C1=O)NCc1ccccc1. The summed E-state index contributed by atoms with van der Waals surface area (Å²) in [5, 5.41) is 6.48. The van der Waals surface area contributed by atoms with Gasteiger partial charge in [-0.2, -0.15) is 0 Å². The summed E-state index contributed by atoms with van der Waals surface area (Å²) < 4.78 is 0. The van der Waals surface area contributed by atoms with Gasteiger partial charge in [-0.15, -0.1) is 0 Å². The number of nitrogens with one attached hydrogen (secondary N) is 3. The van der Waals surface area contributed by atoms with Gasteiger partial charge in [0, 0.05) is 30.2 Å². The Kier molecular flexibility index (Phi) is 5.29. The maximum absolute atomic E-state index is 12.6. The first kappa shape index (κ1) is 18.7. The van der Waals surface area contributed by atoms with E-state index < -0.39 is 12.1 Å². The van der Waals surface area contributed by atoms with Crippen molar-refractivity contribution in [2.75, 3.05) is 6.54 Å². The Morgan fingerprint density at radius 3 is 2.62 bits per heavy atom. The standard InChI is InChI=1S/C22H22N4O3/c27-20(24-13-15-6-2-1-3-7-15)12-19-21(28)26(22(29)25-19)11-10-16-14-23-18-9-5-4-8-17(16)18/h1-9,14,19,23H,10-13H2,(H,24,27)(H,25,29)/t19-/m1/s1. The molecule has 29 heavy (non-hydrogen) atoms. The highest BCUT2D eigenvalue weighted by atomic mass is 16.2. The number of hydrogen-bond acceptors (Lipinski definition) is 3. The van der Waals surface area contributed by atoms with E-state index in [0.717, 1.165) is 22.0 Å². The second kappa shape index (κ2) is 8.18. The van der Waals surface area contributed by atoms with Crippen molar-refractivity contribution in [3.05, 3.63) is 71.9 Å². The van der Waals surface area contributed by atoms with Crippen LogP contribution in [0.1, 0.15) is 17.5 Å². The molecule has 1 fully saturated rings. The molecule has 4 rings (SSSR count). The molecule has 7 heteroatoms. The van der Waals surface area contributed by atoms with E-state index in [1.807, 2.05) is 60.8 Å². The van der Waals surface area contributed by atoms with Crippen LogP contribution in [0.3, 0.4) is 0 Å². The maximum atomic E-state index is 12.6. The minimum atomic E-state index is -0.818. The summed E-state index contributed by atoms with van der Waals surface area (Å²) in [6.07, 6.45) is 2.38. The van der Waals surface area contributed by atoms with Crippen molar-refractivity contribution in [3.8, 4) is 0 Å². The van der Waals surface area contributed by atoms with E-state index in [-0.39, 0.29) is 24.8 Å². The van der Waals surface area contributed by atoms with Crippen LogP contribution in [0.5, 0.6) is 0 Å². The number of benzene rings is 2. The number of aromatic amines is 1. The van der Waals surface area contributed by atoms with E-state index in [1.54, 1.807) is 0 Å². The molecule has 0 bridgehead atoms. The van der Waals surface area contributed by atoms with E-state index >= 15 is 0 Å². The van der Waals surface area contributed by atoms with Crippen LogP contribution in [0.25, 0.3) is 10.9 Å². The molecule has 3 aromatic rings. The molecular formula is C22H22N4O3. The maximum Gasteiger partial charge on any atom is 0.324 e. The molecular weight excluding hydrogens is 368 g/mol. The van der Waals surface area contributed by atoms with Gasteiger partial charge in [-0.3, -0.25) is 14.5 Å². The molecule has 1 atom stereocenters. The minimum Gasteiger partial charge on any atom is -0.361 e. The number of rotatable bonds is 7. The highest BCUT2D eigenvalue weighted by Gasteiger charge is 2.38. The smallest absolute Gasteiger partial charge is 0.324 e. The lowest BCUT2D eigenvalue weighted by molar-refractivity contribution is -0.130. The highest BCUT2D eigenvalue weighted by Crippen LogP contribution is 2.19. The third-order valence-corrected chi connectivity index (χ3v) is 5.11. The molecule has 4 amide bonds. The van der Waals surface area contributed by atoms with Crippen LogP contribution < -0.4 is 10.6 Å². The van der Waals surface area contributed by atoms with Crippen LogP contribution in [-0.2, 0) is 22.6 Å². The van der Waals surface area contributed by atoms with Crippen LogP contribution in [0, 0.1) is 0 Å². The van der Waals surface area contributed by atoms with Crippen molar-refractivity contribution < 1.29 is 14.4 Å². The molecule has 2 heterocycles. The molecule has 0 saturated carbocycles. The Hall–Kier alpha value is -3.61. The summed E-state index contributed by atoms with van der Waals surface area (Å²) in [4.78, 5) is 41.4. The fraction of sp³-hybridized carbons (Fsp3) is 0.227. The van der Waals surface area contributed by atoms with Gasteiger partial charge in [-0.25, -0.2) is 4.79 Å². The van der Waals surface area contributed by atoms with E-state index in [0.29, 0.717) is 13.0 Å². The second-order valence-electron chi connectivity index (χ2n) is 7.07. The Labute approximate surface area is 168 Å². The third-order valence-electron chi connectivity index (χ3n) is 5.11. The fourth-order valence-corrected chi connectivity index (χ4v) is 3.55. The van der Waals surface area contributed by atoms with E-state index in [2.05, 4.69) is 15.6 Å². The van der Waals surface area contributed by atoms with Crippen molar-refractivity contribution in [2.24, 2.45) is 0 Å². The predicted octanol–water partition coefficient (Wildman–Crippen LogP) is 2.34. The third kappa shape index (κ3) is 4.13. The average molecular weight is 390 g/mol. The van der Waals surface area contributed by atoms with Gasteiger partial charge in [0.2, 0.25) is 5.91 Å². The van der Waals surface area contributed by atoms with E-state index in [4.69, 9.17) is 0 Å². The van der Waals surface area contributed by atoms with Gasteiger partial charge in [-0.05, 0) is 23.6 Å². The zero-order valence-corrected chi connectivity index (χ0v) is 15.9. The quantitative estimate of drug-likeness (QED) is 0.541. The first-order valence-corrected chi connectivity index (χ1v) is 9.59. The summed E-state index contributed by atoms with van der Waals surface area (Å²) in [6, 6.07) is 16.2. The first-order valence-electron chi connectivity index (χ1n) is 9.59. The van der Waals surface area contributed by atoms with Crippen LogP contribution in [0.15, 0.2) is 60.8 Å². The molecule has 0 radical (unpaired) electrons. The molecule has 0 unspecified atom stereocenters. The van der Waals surface area contributed by atoms with Crippen molar-refractivity contribution >= 4 is 28.7 Å². The second-order valence-corrected chi connectivity index (χ2v) is 7.07. The Morgan fingerprint density at radius 1 is 1.03 bits per heavy atom. The van der Waals surface area contributed by atoms with Gasteiger partial charge in [0.15, 0.2) is 0 Å². The zero-order chi connectivity index (χ0) is 20.2. The average Bonchev–Trinajstić information content (AvgIpc) is 3.26. The summed E-state index contributed by atoms with van der Waals surface area (Å²) in [6.45, 7) is 0.660. The van der Waals surface area contributed by atoms with Crippen LogP contribution in [0.2, 0.25) is 0 Å². The zero-order valence-electron chi connectivity index (χ0n) is 15.9. The number of amides is 4. The highest BCUT2D eigenvalue weighted by molar-refractivity contribution is 6.05. The lowest BCUT2D eigenvalue weighted by atomic mass is 10.1. The number of carbonyl (C=O) groups excluding carboxylic acids is 3. The van der Waals surface area contributed by atoms with Crippen molar-refractivity contribution in [1.29, 1.82) is 0 Å². The number of aromatic nitrogens is 1. The molecule has 2 aromatic carbocycles. The van der Waals surface area contributed by atoms with Crippen molar-refractivity contribution in [2.45, 2.75) is 25.4 Å². The van der Waals surface area contributed by atoms with E-state index in [9.17, 15) is 14.4 Å². The topological polar surface area (TPSA) is 94.3 Å². The first-order chi connectivity index (χ1) is 14.1. The largest absolute Gasteiger partial charge is 0.361 e. The number of urea groups is 1. The Bertz CT molecular complexity index is 1040. The Balaban J connectivity index is 1.31. The number of hydrogen-bond donors (Lipinski definition) is 3. The number of fused-ring (bicyclic) bond motifs is 1. The molecule has 1 aliphatic rings. The van der Waals surface area contributed by atoms with Gasteiger partial charge >= 0.3 is 6.03 Å². The minimum absolute atomic E-state index is 0.0685. The summed E-state index contributed by atoms with van der Waals surface area (Å²) >= 11 is 0. The molecule has 0 spiro atoms. The van der Waals surface area contributed by atoms with E-state index in [1.165, 1.54) is 4.90 Å². The molecule has 0 aliphatic carbocycles. The molecule has 3 N–H and O–H groups in total. The van der Waals surface area contributed by atoms with Crippen molar-refractivity contribution in [3.63, 3.8) is 0 Å². The molecule has 1 aromatic heterocycles. The lowest BCUT2D eigenvalue weighted by Crippen LogP contribution is -2.36. The van der Waals surface area contributed by atoms with Gasteiger partial charge in [0.25, 0.3) is 5.91 Å². The van der Waals surface area contributed by atoms with Crippen LogP contribution in [-0.4, -0.2) is 40.3 Å². The number of carbonyl (C=O) groups is 3. The Morgan fingerprint density at radius 2 is 1.79 bits per heavy atom. The summed E-state index contributed by atoms with van der Waals surface area (Å²) in [5.74, 6) is -0.629. The fourth-order valence-electron chi connectivity index (χ4n) is 3.55. The normalized spacial score (nSPS) is 16.3. The van der Waals surface area contributed by atoms with Gasteiger partial charge in [0.05, 0.1) is 6.42 Å². The van der Waals surface area contributed by atoms with Gasteiger partial charge in [-0.1, -0.05) is 48.5 Å². The molecule has 148 valence electrons. The van der Waals surface area contributed by atoms with Crippen LogP contribution >= 0.6 is 0 Å². The number of nitrogens with zero attached hydrogens (tertiary/aromatic N) is 1. The number of H-pyrrole nitrogens is 1. The lowest BCUT2D eigenvalue weighted by Gasteiger charge is -2.13. The molecule has 1 aliphatic heterocycles. The van der Waals surface area contributed by atoms with Gasteiger partial charge in [0.1, 0.15) is 6.04 Å². The molecule has 1 saturated heterocycles. The number of imide groups is 1. The number of para-hydroxylation sites is 1. The predicted molar refractivity (Wildman–Crippen MR) is 109 cm³/mol. The van der Waals surface area contributed by atoms with Crippen molar-refractivity contribution in [1.82, 2.24) is 20.5 Å². The summed E-state index contributed by atoms with van der Waals surface area (Å²) in [5.41, 5.74) is 3.04. The molecule has 7 nitrogen and oxygen atoms in total. The monoisotopic (exact) mass is 390 g/mol. The summed E-state index contributed by atoms with van der Waals surface area (Å²) in [7, 11) is 0.